The van der Waals surface area contributed by atoms with E-state index >= 15 is 0 Å². The zero-order valence-electron chi connectivity index (χ0n) is 4.81. The normalized spacial score (nSPS) is 34.9. The van der Waals surface area contributed by atoms with Gasteiger partial charge in [0.1, 0.15) is 6.04 Å². The van der Waals surface area contributed by atoms with E-state index < -0.39 is 0 Å². The van der Waals surface area contributed by atoms with Crippen LogP contribution >= 0.6 is 0 Å². The monoisotopic (exact) mass is 99.1 g/mol. The fraction of sp³-hybridized carbons (Fsp3) is 1.00. The molecule has 1 unspecified atom stereocenters. The summed E-state index contributed by atoms with van der Waals surface area (Å²) < 4.78 is 0. The fourth-order valence-electron chi connectivity index (χ4n) is 0.694. The van der Waals surface area contributed by atoms with E-state index in [2.05, 4.69) is 19.0 Å². The van der Waals surface area contributed by atoms with Crippen LogP contribution in [0.2, 0.25) is 0 Å². The third kappa shape index (κ3) is 0.646. The molecule has 0 heterocycles. The van der Waals surface area contributed by atoms with Crippen molar-refractivity contribution in [2.75, 3.05) is 0 Å². The summed E-state index contributed by atoms with van der Waals surface area (Å²) in [7, 11) is 0. The molecule has 0 aromatic heterocycles. The second-order valence-corrected chi connectivity index (χ2v) is 2.86. The largest absolute Gasteiger partial charge is 0.157 e. The predicted molar refractivity (Wildman–Crippen MR) is 26.5 cm³/mol. The summed E-state index contributed by atoms with van der Waals surface area (Å²) in [6, 6.07) is 0.451. The van der Waals surface area contributed by atoms with Gasteiger partial charge in [-0.2, -0.15) is 5.53 Å². The quantitative estimate of drug-likeness (QED) is 0.449. The van der Waals surface area contributed by atoms with Crippen molar-refractivity contribution in [3.63, 3.8) is 0 Å². The van der Waals surface area contributed by atoms with Gasteiger partial charge < -0.3 is 0 Å². The molecule has 7 heavy (non-hydrogen) atoms. The molecule has 0 saturated heterocycles. The minimum atomic E-state index is 0.425. The minimum Gasteiger partial charge on any atom is -0.157 e. The molecule has 0 spiro atoms. The van der Waals surface area contributed by atoms with Gasteiger partial charge in [0.15, 0.2) is 0 Å². The molecule has 0 radical (unpaired) electrons. The molecule has 2 nitrogen and oxygen atoms in total. The zero-order valence-corrected chi connectivity index (χ0v) is 4.81. The Labute approximate surface area is 43.4 Å². The van der Waals surface area contributed by atoms with Crippen molar-refractivity contribution in [3.05, 3.63) is 0 Å². The SMILES string of the molecule is CC1(C)CC1N=[NH2+]. The van der Waals surface area contributed by atoms with E-state index in [4.69, 9.17) is 5.53 Å². The highest BCUT2D eigenvalue weighted by atomic mass is 15.0. The van der Waals surface area contributed by atoms with Gasteiger partial charge in [-0.1, -0.05) is 13.8 Å². The van der Waals surface area contributed by atoms with Gasteiger partial charge in [0.2, 0.25) is 0 Å². The highest BCUT2D eigenvalue weighted by molar-refractivity contribution is 4.99. The Balaban J connectivity index is 2.44. The maximum absolute atomic E-state index is 5.03. The summed E-state index contributed by atoms with van der Waals surface area (Å²) in [5.41, 5.74) is 5.46. The van der Waals surface area contributed by atoms with E-state index in [1.165, 1.54) is 6.42 Å². The molecule has 2 heteroatoms. The van der Waals surface area contributed by atoms with E-state index in [9.17, 15) is 0 Å². The van der Waals surface area contributed by atoms with Crippen molar-refractivity contribution in [2.45, 2.75) is 26.3 Å². The number of nitrogens with two attached hydrogens (primary N) is 1. The third-order valence-electron chi connectivity index (χ3n) is 1.64. The molecule has 0 bridgehead atoms. The molecular formula is C5H11N2+. The van der Waals surface area contributed by atoms with Crippen molar-refractivity contribution in [1.82, 2.24) is 0 Å². The van der Waals surface area contributed by atoms with Crippen molar-refractivity contribution in [3.8, 4) is 0 Å². The maximum atomic E-state index is 5.03. The van der Waals surface area contributed by atoms with Crippen LogP contribution in [0.15, 0.2) is 5.11 Å². The van der Waals surface area contributed by atoms with Crippen LogP contribution in [0.1, 0.15) is 20.3 Å². The summed E-state index contributed by atoms with van der Waals surface area (Å²) in [5, 5.41) is 3.65. The fourth-order valence-corrected chi connectivity index (χ4v) is 0.694. The summed E-state index contributed by atoms with van der Waals surface area (Å²) in [5.74, 6) is 0. The van der Waals surface area contributed by atoms with Crippen LogP contribution in [-0.2, 0) is 0 Å². The molecule has 1 atom stereocenters. The second kappa shape index (κ2) is 1.05. The minimum absolute atomic E-state index is 0.425. The molecule has 0 aromatic rings. The average molecular weight is 99.2 g/mol. The van der Waals surface area contributed by atoms with Gasteiger partial charge in [-0.15, -0.1) is 0 Å². The first kappa shape index (κ1) is 4.75. The van der Waals surface area contributed by atoms with Crippen LogP contribution in [0.5, 0.6) is 0 Å². The van der Waals surface area contributed by atoms with Gasteiger partial charge in [-0.25, -0.2) is 0 Å². The second-order valence-electron chi connectivity index (χ2n) is 2.86. The Kier molecular flexibility index (Phi) is 0.716. The highest BCUT2D eigenvalue weighted by Gasteiger charge is 2.48. The zero-order chi connectivity index (χ0) is 5.49. The average Bonchev–Trinajstić information content (AvgIpc) is 2.13. The van der Waals surface area contributed by atoms with E-state index in [1.54, 1.807) is 0 Å². The number of nitrogens with zero attached hydrogens (tertiary/aromatic N) is 1. The predicted octanol–water partition coefficient (Wildman–Crippen LogP) is -0.00380. The van der Waals surface area contributed by atoms with Gasteiger partial charge in [0.05, 0.1) is 0 Å². The molecule has 40 valence electrons. The smallest absolute Gasteiger partial charge is 0.118 e. The number of hydrogen-bond acceptors (Lipinski definition) is 1. The molecule has 0 amide bonds. The van der Waals surface area contributed by atoms with Crippen LogP contribution in [0, 0.1) is 5.41 Å². The molecular weight excluding hydrogens is 88.1 g/mol. The highest BCUT2D eigenvalue weighted by Crippen LogP contribution is 2.46. The number of rotatable bonds is 1. The first-order valence-corrected chi connectivity index (χ1v) is 2.57. The van der Waals surface area contributed by atoms with Gasteiger partial charge >= 0.3 is 0 Å². The van der Waals surface area contributed by atoms with E-state index in [0.717, 1.165) is 0 Å². The van der Waals surface area contributed by atoms with Crippen LogP contribution < -0.4 is 5.53 Å². The van der Waals surface area contributed by atoms with Gasteiger partial charge in [-0.05, 0) is 17.0 Å². The van der Waals surface area contributed by atoms with Crippen molar-refractivity contribution in [2.24, 2.45) is 10.5 Å². The molecule has 0 aliphatic heterocycles. The topological polar surface area (TPSA) is 38.0 Å². The first-order valence-electron chi connectivity index (χ1n) is 2.57. The Bertz CT molecular complexity index is 96.3. The van der Waals surface area contributed by atoms with E-state index in [1.807, 2.05) is 0 Å². The summed E-state index contributed by atoms with van der Waals surface area (Å²) in [4.78, 5) is 0. The van der Waals surface area contributed by atoms with Crippen molar-refractivity contribution >= 4 is 0 Å². The molecule has 1 rings (SSSR count). The Morgan fingerprint density at radius 3 is 2.14 bits per heavy atom. The third-order valence-corrected chi connectivity index (χ3v) is 1.64. The van der Waals surface area contributed by atoms with Crippen molar-refractivity contribution < 1.29 is 5.53 Å². The first-order chi connectivity index (χ1) is 3.17. The van der Waals surface area contributed by atoms with Gasteiger partial charge in [0, 0.05) is 0 Å². The lowest BCUT2D eigenvalue weighted by Gasteiger charge is -1.89. The lowest BCUT2D eigenvalue weighted by Crippen LogP contribution is -2.25. The molecule has 1 aliphatic carbocycles. The molecule has 1 saturated carbocycles. The summed E-state index contributed by atoms with van der Waals surface area (Å²) in [6.45, 7) is 4.35. The Morgan fingerprint density at radius 2 is 2.14 bits per heavy atom. The molecule has 1 fully saturated rings. The number of hydrogen-bond donors (Lipinski definition) is 1. The van der Waals surface area contributed by atoms with Crippen LogP contribution in [-0.4, -0.2) is 6.04 Å². The van der Waals surface area contributed by atoms with E-state index in [-0.39, 0.29) is 0 Å². The van der Waals surface area contributed by atoms with Crippen LogP contribution in [0.25, 0.3) is 0 Å². The molecule has 1 aliphatic rings. The molecule has 0 aromatic carbocycles. The maximum Gasteiger partial charge on any atom is 0.118 e. The van der Waals surface area contributed by atoms with Gasteiger partial charge in [-0.3, -0.25) is 0 Å². The standard InChI is InChI=1S/C5H10N2/c1-5(2)3-4(5)7-6/h4,6H,3H2,1-2H3/p+1. The Morgan fingerprint density at radius 1 is 1.71 bits per heavy atom. The van der Waals surface area contributed by atoms with Crippen molar-refractivity contribution in [1.29, 1.82) is 0 Å². The van der Waals surface area contributed by atoms with Crippen LogP contribution in [0.3, 0.4) is 0 Å². The van der Waals surface area contributed by atoms with Crippen LogP contribution in [0.4, 0.5) is 0 Å². The van der Waals surface area contributed by atoms with E-state index in [0.29, 0.717) is 11.5 Å². The molecule has 2 N–H and O–H groups in total. The lowest BCUT2D eigenvalue weighted by molar-refractivity contribution is -0.225. The summed E-state index contributed by atoms with van der Waals surface area (Å²) in [6.07, 6.45) is 1.17. The van der Waals surface area contributed by atoms with Gasteiger partial charge in [0.25, 0.3) is 0 Å². The lowest BCUT2D eigenvalue weighted by atomic mass is 10.2. The Hall–Kier alpha value is -0.400. The summed E-state index contributed by atoms with van der Waals surface area (Å²) >= 11 is 0.